The predicted molar refractivity (Wildman–Crippen MR) is 107 cm³/mol. The molecule has 0 N–H and O–H groups in total. The van der Waals surface area contributed by atoms with Crippen molar-refractivity contribution < 1.29 is 4.74 Å². The lowest BCUT2D eigenvalue weighted by molar-refractivity contribution is 0.415. The molecule has 118 valence electrons. The molecule has 2 aromatic carbocycles. The molecule has 0 amide bonds. The standard InChI is InChI=1S/C21H16OS2/c1-22-17-9-6-15(7-10-17)8-11-19-18-4-2-3-5-20(18)24-21(19)16-12-13-23-14-16/h2-14H,1H3/b11-8+. The van der Waals surface area contributed by atoms with Crippen LogP contribution in [-0.2, 0) is 0 Å². The highest BCUT2D eigenvalue weighted by molar-refractivity contribution is 7.23. The molecule has 0 aliphatic rings. The van der Waals surface area contributed by atoms with Gasteiger partial charge in [0.15, 0.2) is 0 Å². The number of hydrogen-bond acceptors (Lipinski definition) is 3. The number of fused-ring (bicyclic) bond motifs is 1. The highest BCUT2D eigenvalue weighted by Crippen LogP contribution is 2.40. The van der Waals surface area contributed by atoms with E-state index in [2.05, 4.69) is 65.4 Å². The van der Waals surface area contributed by atoms with Gasteiger partial charge >= 0.3 is 0 Å². The number of thiophene rings is 2. The number of methoxy groups -OCH3 is 1. The molecule has 1 nitrogen and oxygen atoms in total. The van der Waals surface area contributed by atoms with Gasteiger partial charge in [0, 0.05) is 26.1 Å². The molecule has 0 atom stereocenters. The first-order valence-electron chi connectivity index (χ1n) is 7.71. The van der Waals surface area contributed by atoms with Gasteiger partial charge in [0.1, 0.15) is 5.75 Å². The Morgan fingerprint density at radius 2 is 1.75 bits per heavy atom. The summed E-state index contributed by atoms with van der Waals surface area (Å²) in [5.74, 6) is 0.882. The molecule has 3 heteroatoms. The van der Waals surface area contributed by atoms with Crippen LogP contribution in [0.4, 0.5) is 0 Å². The van der Waals surface area contributed by atoms with E-state index in [9.17, 15) is 0 Å². The Bertz CT molecular complexity index is 977. The maximum atomic E-state index is 5.22. The normalized spacial score (nSPS) is 11.4. The van der Waals surface area contributed by atoms with Crippen molar-refractivity contribution in [1.29, 1.82) is 0 Å². The van der Waals surface area contributed by atoms with Crippen LogP contribution in [0.2, 0.25) is 0 Å². The zero-order chi connectivity index (χ0) is 16.4. The summed E-state index contributed by atoms with van der Waals surface area (Å²) in [6.45, 7) is 0. The minimum absolute atomic E-state index is 0.882. The lowest BCUT2D eigenvalue weighted by Crippen LogP contribution is -1.81. The van der Waals surface area contributed by atoms with Crippen LogP contribution in [-0.4, -0.2) is 7.11 Å². The van der Waals surface area contributed by atoms with E-state index in [1.54, 1.807) is 18.4 Å². The zero-order valence-corrected chi connectivity index (χ0v) is 14.9. The van der Waals surface area contributed by atoms with Crippen LogP contribution in [0.25, 0.3) is 32.7 Å². The Kier molecular flexibility index (Phi) is 4.20. The highest BCUT2D eigenvalue weighted by atomic mass is 32.1. The Labute approximate surface area is 149 Å². The molecule has 0 saturated heterocycles. The largest absolute Gasteiger partial charge is 0.497 e. The van der Waals surface area contributed by atoms with Gasteiger partial charge in [0.25, 0.3) is 0 Å². The molecule has 24 heavy (non-hydrogen) atoms. The molecule has 0 aliphatic heterocycles. The Morgan fingerprint density at radius 1 is 0.917 bits per heavy atom. The molecule has 4 aromatic rings. The summed E-state index contributed by atoms with van der Waals surface area (Å²) in [6, 6.07) is 18.9. The van der Waals surface area contributed by atoms with Gasteiger partial charge in [-0.1, -0.05) is 42.5 Å². The van der Waals surface area contributed by atoms with Gasteiger partial charge in [-0.3, -0.25) is 0 Å². The van der Waals surface area contributed by atoms with Crippen molar-refractivity contribution in [2.24, 2.45) is 0 Å². The molecular weight excluding hydrogens is 332 g/mol. The number of rotatable bonds is 4. The number of benzene rings is 2. The number of ether oxygens (including phenoxy) is 1. The Balaban J connectivity index is 1.79. The average Bonchev–Trinajstić information content (AvgIpc) is 3.28. The topological polar surface area (TPSA) is 9.23 Å². The summed E-state index contributed by atoms with van der Waals surface area (Å²) < 4.78 is 6.55. The van der Waals surface area contributed by atoms with Gasteiger partial charge in [0.05, 0.1) is 7.11 Å². The monoisotopic (exact) mass is 348 g/mol. The van der Waals surface area contributed by atoms with Gasteiger partial charge in [-0.25, -0.2) is 0 Å². The molecule has 0 radical (unpaired) electrons. The van der Waals surface area contributed by atoms with Crippen LogP contribution in [0.15, 0.2) is 65.4 Å². The summed E-state index contributed by atoms with van der Waals surface area (Å²) in [7, 11) is 1.69. The zero-order valence-electron chi connectivity index (χ0n) is 13.2. The molecule has 0 bridgehead atoms. The van der Waals surface area contributed by atoms with E-state index < -0.39 is 0 Å². The maximum absolute atomic E-state index is 5.22. The quantitative estimate of drug-likeness (QED) is 0.394. The van der Waals surface area contributed by atoms with Crippen molar-refractivity contribution in [3.05, 3.63) is 76.5 Å². The van der Waals surface area contributed by atoms with E-state index >= 15 is 0 Å². The third kappa shape index (κ3) is 2.88. The van der Waals surface area contributed by atoms with Gasteiger partial charge in [0.2, 0.25) is 0 Å². The molecular formula is C21H16OS2. The van der Waals surface area contributed by atoms with E-state index in [0.29, 0.717) is 0 Å². The second-order valence-corrected chi connectivity index (χ2v) is 7.29. The molecule has 0 fully saturated rings. The van der Waals surface area contributed by atoms with E-state index in [4.69, 9.17) is 4.74 Å². The summed E-state index contributed by atoms with van der Waals surface area (Å²) in [4.78, 5) is 1.34. The summed E-state index contributed by atoms with van der Waals surface area (Å²) in [5.41, 5.74) is 3.77. The molecule has 2 heterocycles. The lowest BCUT2D eigenvalue weighted by Gasteiger charge is -2.00. The van der Waals surface area contributed by atoms with Crippen LogP contribution >= 0.6 is 22.7 Å². The van der Waals surface area contributed by atoms with Crippen LogP contribution in [0.1, 0.15) is 11.1 Å². The Morgan fingerprint density at radius 3 is 2.50 bits per heavy atom. The fourth-order valence-corrected chi connectivity index (χ4v) is 4.64. The minimum Gasteiger partial charge on any atom is -0.497 e. The van der Waals surface area contributed by atoms with Crippen molar-refractivity contribution in [2.45, 2.75) is 0 Å². The van der Waals surface area contributed by atoms with Crippen LogP contribution < -0.4 is 4.74 Å². The number of hydrogen-bond donors (Lipinski definition) is 0. The first kappa shape index (κ1) is 15.2. The third-order valence-electron chi connectivity index (χ3n) is 3.98. The van der Waals surface area contributed by atoms with Gasteiger partial charge < -0.3 is 4.74 Å². The summed E-state index contributed by atoms with van der Waals surface area (Å²) in [6.07, 6.45) is 4.40. The van der Waals surface area contributed by atoms with E-state index in [1.165, 1.54) is 31.7 Å². The first-order chi connectivity index (χ1) is 11.8. The van der Waals surface area contributed by atoms with Crippen LogP contribution in [0, 0.1) is 0 Å². The molecule has 0 spiro atoms. The van der Waals surface area contributed by atoms with Crippen molar-refractivity contribution in [3.63, 3.8) is 0 Å². The van der Waals surface area contributed by atoms with Crippen LogP contribution in [0.5, 0.6) is 5.75 Å². The molecule has 0 unspecified atom stereocenters. The molecule has 0 saturated carbocycles. The molecule has 2 aromatic heterocycles. The lowest BCUT2D eigenvalue weighted by atomic mass is 10.1. The fraction of sp³-hybridized carbons (Fsp3) is 0.0476. The smallest absolute Gasteiger partial charge is 0.118 e. The molecule has 4 rings (SSSR count). The predicted octanol–water partition coefficient (Wildman–Crippen LogP) is 6.81. The second kappa shape index (κ2) is 6.63. The fourth-order valence-electron chi connectivity index (χ4n) is 2.73. The summed E-state index contributed by atoms with van der Waals surface area (Å²) >= 11 is 3.60. The SMILES string of the molecule is COc1ccc(/C=C/c2c(-c3ccsc3)sc3ccccc23)cc1. The van der Waals surface area contributed by atoms with Gasteiger partial charge in [-0.05, 0) is 40.6 Å². The van der Waals surface area contributed by atoms with Gasteiger partial charge in [-0.15, -0.1) is 11.3 Å². The Hall–Kier alpha value is -2.36. The van der Waals surface area contributed by atoms with Gasteiger partial charge in [-0.2, -0.15) is 11.3 Å². The van der Waals surface area contributed by atoms with Crippen molar-refractivity contribution in [3.8, 4) is 16.2 Å². The van der Waals surface area contributed by atoms with E-state index in [0.717, 1.165) is 5.75 Å². The average molecular weight is 348 g/mol. The summed E-state index contributed by atoms with van der Waals surface area (Å²) in [5, 5.41) is 5.67. The van der Waals surface area contributed by atoms with E-state index in [-0.39, 0.29) is 0 Å². The highest BCUT2D eigenvalue weighted by Gasteiger charge is 2.11. The van der Waals surface area contributed by atoms with Crippen LogP contribution in [0.3, 0.4) is 0 Å². The maximum Gasteiger partial charge on any atom is 0.118 e. The molecule has 0 aliphatic carbocycles. The second-order valence-electron chi connectivity index (χ2n) is 5.46. The minimum atomic E-state index is 0.882. The van der Waals surface area contributed by atoms with Crippen molar-refractivity contribution >= 4 is 44.9 Å². The van der Waals surface area contributed by atoms with Crippen molar-refractivity contribution in [1.82, 2.24) is 0 Å². The van der Waals surface area contributed by atoms with Crippen molar-refractivity contribution in [2.75, 3.05) is 7.11 Å². The first-order valence-corrected chi connectivity index (χ1v) is 9.47. The van der Waals surface area contributed by atoms with E-state index in [1.807, 2.05) is 23.5 Å². The third-order valence-corrected chi connectivity index (χ3v) is 5.89.